The largest absolute Gasteiger partial charge is 0.493 e. The molecule has 10 heteroatoms. The van der Waals surface area contributed by atoms with E-state index in [1.54, 1.807) is 38.4 Å². The molecule has 0 saturated carbocycles. The lowest BCUT2D eigenvalue weighted by molar-refractivity contribution is -0.119. The summed E-state index contributed by atoms with van der Waals surface area (Å²) in [7, 11) is 2.73. The quantitative estimate of drug-likeness (QED) is 0.648. The molecule has 31 heavy (non-hydrogen) atoms. The average molecular weight is 450 g/mol. The minimum Gasteiger partial charge on any atom is -0.493 e. The van der Waals surface area contributed by atoms with Gasteiger partial charge in [0.05, 0.1) is 32.8 Å². The molecule has 0 radical (unpaired) electrons. The van der Waals surface area contributed by atoms with Crippen LogP contribution in [0.3, 0.4) is 0 Å². The third-order valence-electron chi connectivity index (χ3n) is 5.21. The summed E-state index contributed by atoms with van der Waals surface area (Å²) < 4.78 is 39.4. The second-order valence-electron chi connectivity index (χ2n) is 7.30. The summed E-state index contributed by atoms with van der Waals surface area (Å²) in [5, 5.41) is 5.21. The molecular weight excluding hydrogens is 422 g/mol. The molecule has 0 atom stereocenters. The van der Waals surface area contributed by atoms with E-state index in [9.17, 15) is 13.2 Å². The summed E-state index contributed by atoms with van der Waals surface area (Å²) in [5.41, 5.74) is 2.37. The Morgan fingerprint density at radius 2 is 1.81 bits per heavy atom. The van der Waals surface area contributed by atoms with E-state index >= 15 is 0 Å². The Kier molecular flexibility index (Phi) is 6.73. The Balaban J connectivity index is 1.73. The van der Waals surface area contributed by atoms with Gasteiger partial charge in [0, 0.05) is 24.3 Å². The van der Waals surface area contributed by atoms with E-state index in [4.69, 9.17) is 19.3 Å². The van der Waals surface area contributed by atoms with E-state index in [1.165, 1.54) is 12.1 Å². The number of hydrogen-bond donors (Lipinski definition) is 1. The highest BCUT2D eigenvalue weighted by atomic mass is 32.2. The molecule has 3 rings (SSSR count). The maximum Gasteiger partial charge on any atom is 0.241 e. The Bertz CT molecular complexity index is 1090. The van der Waals surface area contributed by atoms with Crippen molar-refractivity contribution in [2.75, 3.05) is 46.4 Å². The maximum absolute atomic E-state index is 12.9. The van der Waals surface area contributed by atoms with E-state index in [2.05, 4.69) is 0 Å². The number of anilines is 1. The van der Waals surface area contributed by atoms with Gasteiger partial charge in [0.15, 0.2) is 11.5 Å². The molecule has 0 fully saturated rings. The van der Waals surface area contributed by atoms with Crippen LogP contribution in [0.25, 0.3) is 0 Å². The van der Waals surface area contributed by atoms with Gasteiger partial charge >= 0.3 is 0 Å². The van der Waals surface area contributed by atoms with Crippen molar-refractivity contribution in [2.45, 2.75) is 17.9 Å². The fourth-order valence-corrected chi connectivity index (χ4v) is 4.33. The number of fused-ring (bicyclic) bond motifs is 1. The molecule has 0 aromatic heterocycles. The standard InChI is InChI=1S/C21H27N3O6S/c1-23(12-15-5-8-18(28-2)21(30-4)20(15)29-3)13-19(25)24-10-9-14-11-16(31(22,26)27)6-7-17(14)24/h5-8,11H,9-10,12-13H2,1-4H3,(H2,22,26,27). The minimum absolute atomic E-state index is 0.0539. The van der Waals surface area contributed by atoms with E-state index in [0.29, 0.717) is 36.8 Å². The van der Waals surface area contributed by atoms with Crippen LogP contribution in [0.1, 0.15) is 11.1 Å². The van der Waals surface area contributed by atoms with Crippen LogP contribution >= 0.6 is 0 Å². The van der Waals surface area contributed by atoms with Crippen molar-refractivity contribution < 1.29 is 27.4 Å². The predicted octanol–water partition coefficient (Wildman–Crippen LogP) is 1.38. The zero-order chi connectivity index (χ0) is 22.8. The Morgan fingerprint density at radius 3 is 2.42 bits per heavy atom. The third kappa shape index (κ3) is 4.76. The van der Waals surface area contributed by atoms with Crippen LogP contribution in [0, 0.1) is 0 Å². The lowest BCUT2D eigenvalue weighted by Gasteiger charge is -2.23. The number of primary sulfonamides is 1. The second kappa shape index (κ2) is 9.13. The predicted molar refractivity (Wildman–Crippen MR) is 116 cm³/mol. The molecule has 1 aliphatic rings. The van der Waals surface area contributed by atoms with Crippen molar-refractivity contribution in [3.8, 4) is 17.2 Å². The Morgan fingerprint density at radius 1 is 1.10 bits per heavy atom. The molecule has 0 bridgehead atoms. The van der Waals surface area contributed by atoms with Crippen molar-refractivity contribution in [3.05, 3.63) is 41.5 Å². The van der Waals surface area contributed by atoms with Crippen molar-refractivity contribution in [1.82, 2.24) is 4.90 Å². The van der Waals surface area contributed by atoms with Crippen LogP contribution in [-0.4, -0.2) is 60.7 Å². The summed E-state index contributed by atoms with van der Waals surface area (Å²) in [5.74, 6) is 1.54. The monoisotopic (exact) mass is 449 g/mol. The minimum atomic E-state index is -3.78. The Hall–Kier alpha value is -2.82. The van der Waals surface area contributed by atoms with Crippen LogP contribution < -0.4 is 24.2 Å². The van der Waals surface area contributed by atoms with E-state index < -0.39 is 10.0 Å². The number of ether oxygens (including phenoxy) is 3. The van der Waals surface area contributed by atoms with E-state index in [1.807, 2.05) is 18.0 Å². The number of carbonyl (C=O) groups excluding carboxylic acids is 1. The van der Waals surface area contributed by atoms with Crippen LogP contribution in [0.15, 0.2) is 35.2 Å². The summed E-state index contributed by atoms with van der Waals surface area (Å²) in [4.78, 5) is 16.5. The topological polar surface area (TPSA) is 111 Å². The fourth-order valence-electron chi connectivity index (χ4n) is 3.76. The number of amides is 1. The average Bonchev–Trinajstić information content (AvgIpc) is 3.16. The van der Waals surface area contributed by atoms with Gasteiger partial charge in [0.25, 0.3) is 0 Å². The SMILES string of the molecule is COc1ccc(CN(C)CC(=O)N2CCc3cc(S(N)(=O)=O)ccc32)c(OC)c1OC. The first-order chi connectivity index (χ1) is 14.7. The van der Waals surface area contributed by atoms with Crippen molar-refractivity contribution in [2.24, 2.45) is 5.14 Å². The van der Waals surface area contributed by atoms with Gasteiger partial charge in [-0.15, -0.1) is 0 Å². The number of rotatable bonds is 8. The smallest absolute Gasteiger partial charge is 0.241 e. The zero-order valence-electron chi connectivity index (χ0n) is 18.0. The highest BCUT2D eigenvalue weighted by Crippen LogP contribution is 2.40. The van der Waals surface area contributed by atoms with Crippen molar-refractivity contribution in [3.63, 3.8) is 0 Å². The summed E-state index contributed by atoms with van der Waals surface area (Å²) in [6.07, 6.45) is 0.581. The normalized spacial score (nSPS) is 13.3. The lowest BCUT2D eigenvalue weighted by Crippen LogP contribution is -2.37. The molecule has 0 unspecified atom stereocenters. The molecular formula is C21H27N3O6S. The molecule has 9 nitrogen and oxygen atoms in total. The Labute approximate surface area is 182 Å². The van der Waals surface area contributed by atoms with Gasteiger partial charge in [0.1, 0.15) is 0 Å². The first-order valence-electron chi connectivity index (χ1n) is 9.62. The van der Waals surface area contributed by atoms with Gasteiger partial charge in [-0.05, 0) is 43.3 Å². The van der Waals surface area contributed by atoms with Gasteiger partial charge in [-0.25, -0.2) is 13.6 Å². The van der Waals surface area contributed by atoms with Crippen LogP contribution in [0.4, 0.5) is 5.69 Å². The molecule has 1 aliphatic heterocycles. The number of sulfonamides is 1. The number of nitrogens with zero attached hydrogens (tertiary/aromatic N) is 2. The second-order valence-corrected chi connectivity index (χ2v) is 8.86. The number of carbonyl (C=O) groups is 1. The van der Waals surface area contributed by atoms with Gasteiger partial charge in [0.2, 0.25) is 21.7 Å². The molecule has 0 spiro atoms. The lowest BCUT2D eigenvalue weighted by atomic mass is 10.1. The first kappa shape index (κ1) is 22.9. The molecule has 0 aliphatic carbocycles. The third-order valence-corrected chi connectivity index (χ3v) is 6.12. The molecule has 1 amide bonds. The fraction of sp³-hybridized carbons (Fsp3) is 0.381. The highest BCUT2D eigenvalue weighted by molar-refractivity contribution is 7.89. The first-order valence-corrected chi connectivity index (χ1v) is 11.2. The molecule has 2 N–H and O–H groups in total. The van der Waals surface area contributed by atoms with E-state index in [0.717, 1.165) is 16.8 Å². The summed E-state index contributed by atoms with van der Waals surface area (Å²) >= 11 is 0. The van der Waals surface area contributed by atoms with Crippen molar-refractivity contribution >= 4 is 21.6 Å². The van der Waals surface area contributed by atoms with Gasteiger partial charge in [-0.3, -0.25) is 9.69 Å². The highest BCUT2D eigenvalue weighted by Gasteiger charge is 2.27. The van der Waals surface area contributed by atoms with Crippen LogP contribution in [-0.2, 0) is 27.8 Å². The van der Waals surface area contributed by atoms with Gasteiger partial charge in [-0.1, -0.05) is 6.07 Å². The van der Waals surface area contributed by atoms with Crippen LogP contribution in [0.2, 0.25) is 0 Å². The maximum atomic E-state index is 12.9. The number of methoxy groups -OCH3 is 3. The molecule has 168 valence electrons. The molecule has 0 saturated heterocycles. The zero-order valence-corrected chi connectivity index (χ0v) is 18.9. The van der Waals surface area contributed by atoms with Crippen molar-refractivity contribution in [1.29, 1.82) is 0 Å². The molecule has 1 heterocycles. The molecule has 2 aromatic carbocycles. The van der Waals surface area contributed by atoms with E-state index in [-0.39, 0.29) is 17.3 Å². The number of benzene rings is 2. The summed E-state index contributed by atoms with van der Waals surface area (Å²) in [6.45, 7) is 1.13. The number of likely N-dealkylation sites (N-methyl/N-ethyl adjacent to an activating group) is 1. The number of hydrogen-bond acceptors (Lipinski definition) is 7. The number of nitrogens with two attached hydrogens (primary N) is 1. The summed E-state index contributed by atoms with van der Waals surface area (Å²) in [6, 6.07) is 8.28. The van der Waals surface area contributed by atoms with Gasteiger partial charge in [-0.2, -0.15) is 0 Å². The van der Waals surface area contributed by atoms with Gasteiger partial charge < -0.3 is 19.1 Å². The molecule has 2 aromatic rings. The van der Waals surface area contributed by atoms with Crippen LogP contribution in [0.5, 0.6) is 17.2 Å².